The van der Waals surface area contributed by atoms with Gasteiger partial charge in [0.25, 0.3) is 0 Å². The lowest BCUT2D eigenvalue weighted by atomic mass is 10.1. The number of aliphatic hydroxyl groups excluding tert-OH is 1. The van der Waals surface area contributed by atoms with E-state index in [1.807, 2.05) is 12.1 Å². The fraction of sp³-hybridized carbons (Fsp3) is 0.500. The Morgan fingerprint density at radius 3 is 2.83 bits per heavy atom. The van der Waals surface area contributed by atoms with Crippen molar-refractivity contribution in [3.63, 3.8) is 0 Å². The van der Waals surface area contributed by atoms with Crippen molar-refractivity contribution in [1.29, 1.82) is 0 Å². The molecule has 68 valence electrons. The molecule has 1 aromatic rings. The van der Waals surface area contributed by atoms with Crippen LogP contribution in [0.4, 0.5) is 0 Å². The van der Waals surface area contributed by atoms with Crippen molar-refractivity contribution in [2.24, 2.45) is 5.73 Å². The molecule has 0 aliphatic carbocycles. The second-order valence-electron chi connectivity index (χ2n) is 2.64. The third-order valence-electron chi connectivity index (χ3n) is 1.57. The number of halogens is 1. The molecular weight excluding hydrogens is 194 g/mol. The molecule has 0 bridgehead atoms. The van der Waals surface area contributed by atoms with Gasteiger partial charge < -0.3 is 10.8 Å². The van der Waals surface area contributed by atoms with E-state index < -0.39 is 0 Å². The van der Waals surface area contributed by atoms with Crippen molar-refractivity contribution >= 4 is 22.9 Å². The van der Waals surface area contributed by atoms with E-state index in [0.29, 0.717) is 19.4 Å². The van der Waals surface area contributed by atoms with Crippen molar-refractivity contribution in [3.8, 4) is 0 Å². The standard InChI is InChI=1S/C8H12ClNOS/c9-8-2-1-7(12-8)5-6(11)3-4-10/h1-2,6,11H,3-5,10H2. The molecular formula is C8H12ClNOS. The molecule has 4 heteroatoms. The maximum absolute atomic E-state index is 9.40. The van der Waals surface area contributed by atoms with Gasteiger partial charge in [-0.25, -0.2) is 0 Å². The fourth-order valence-electron chi connectivity index (χ4n) is 0.988. The zero-order valence-corrected chi connectivity index (χ0v) is 8.24. The first-order chi connectivity index (χ1) is 5.72. The van der Waals surface area contributed by atoms with Gasteiger partial charge >= 0.3 is 0 Å². The van der Waals surface area contributed by atoms with E-state index >= 15 is 0 Å². The minimum absolute atomic E-state index is 0.329. The highest BCUT2D eigenvalue weighted by Crippen LogP contribution is 2.22. The van der Waals surface area contributed by atoms with Gasteiger partial charge in [0, 0.05) is 11.3 Å². The van der Waals surface area contributed by atoms with Gasteiger partial charge in [0.15, 0.2) is 0 Å². The van der Waals surface area contributed by atoms with Crippen LogP contribution in [0.1, 0.15) is 11.3 Å². The summed E-state index contributed by atoms with van der Waals surface area (Å²) in [5, 5.41) is 9.40. The first-order valence-corrected chi connectivity index (χ1v) is 5.04. The van der Waals surface area contributed by atoms with Crippen molar-refractivity contribution in [2.75, 3.05) is 6.54 Å². The van der Waals surface area contributed by atoms with Crippen molar-refractivity contribution < 1.29 is 5.11 Å². The third-order valence-corrected chi connectivity index (χ3v) is 2.82. The van der Waals surface area contributed by atoms with Crippen LogP contribution < -0.4 is 5.73 Å². The number of rotatable bonds is 4. The van der Waals surface area contributed by atoms with Crippen LogP contribution in [0, 0.1) is 0 Å². The molecule has 2 nitrogen and oxygen atoms in total. The van der Waals surface area contributed by atoms with Crippen LogP contribution in [0.3, 0.4) is 0 Å². The fourth-order valence-corrected chi connectivity index (χ4v) is 2.15. The van der Waals surface area contributed by atoms with Gasteiger partial charge in [-0.2, -0.15) is 0 Å². The minimum atomic E-state index is -0.329. The monoisotopic (exact) mass is 205 g/mol. The topological polar surface area (TPSA) is 46.2 Å². The van der Waals surface area contributed by atoms with E-state index in [4.69, 9.17) is 17.3 Å². The van der Waals surface area contributed by atoms with E-state index in [-0.39, 0.29) is 6.10 Å². The number of aliphatic hydroxyl groups is 1. The molecule has 1 rings (SSSR count). The summed E-state index contributed by atoms with van der Waals surface area (Å²) < 4.78 is 0.768. The van der Waals surface area contributed by atoms with E-state index in [1.165, 1.54) is 11.3 Å². The number of nitrogens with two attached hydrogens (primary N) is 1. The average molecular weight is 206 g/mol. The molecule has 0 saturated carbocycles. The van der Waals surface area contributed by atoms with E-state index in [1.54, 1.807) is 0 Å². The first kappa shape index (κ1) is 9.99. The van der Waals surface area contributed by atoms with Gasteiger partial charge in [-0.3, -0.25) is 0 Å². The van der Waals surface area contributed by atoms with Crippen LogP contribution in [0.2, 0.25) is 4.34 Å². The van der Waals surface area contributed by atoms with Gasteiger partial charge in [-0.15, -0.1) is 11.3 Å². The van der Waals surface area contributed by atoms with Crippen molar-refractivity contribution in [2.45, 2.75) is 18.9 Å². The summed E-state index contributed by atoms with van der Waals surface area (Å²) in [5.41, 5.74) is 5.31. The molecule has 0 spiro atoms. The maximum Gasteiger partial charge on any atom is 0.0931 e. The first-order valence-electron chi connectivity index (χ1n) is 3.84. The summed E-state index contributed by atoms with van der Waals surface area (Å²) in [6, 6.07) is 3.78. The van der Waals surface area contributed by atoms with Crippen LogP contribution in [-0.4, -0.2) is 17.8 Å². The Balaban J connectivity index is 2.41. The smallest absolute Gasteiger partial charge is 0.0931 e. The molecule has 0 aromatic carbocycles. The van der Waals surface area contributed by atoms with Crippen LogP contribution in [0.25, 0.3) is 0 Å². The Hall–Kier alpha value is -0.0900. The summed E-state index contributed by atoms with van der Waals surface area (Å²) in [6.07, 6.45) is 0.981. The molecule has 12 heavy (non-hydrogen) atoms. The van der Waals surface area contributed by atoms with Gasteiger partial charge in [0.1, 0.15) is 0 Å². The predicted octanol–water partition coefficient (Wildman–Crippen LogP) is 1.65. The van der Waals surface area contributed by atoms with E-state index in [2.05, 4.69) is 0 Å². The van der Waals surface area contributed by atoms with E-state index in [9.17, 15) is 5.11 Å². The minimum Gasteiger partial charge on any atom is -0.393 e. The summed E-state index contributed by atoms with van der Waals surface area (Å²) in [4.78, 5) is 1.11. The molecule has 0 radical (unpaired) electrons. The molecule has 1 aromatic heterocycles. The second kappa shape index (κ2) is 4.82. The van der Waals surface area contributed by atoms with Gasteiger partial charge in [-0.05, 0) is 25.1 Å². The van der Waals surface area contributed by atoms with Crippen LogP contribution in [0.5, 0.6) is 0 Å². The van der Waals surface area contributed by atoms with Crippen LogP contribution >= 0.6 is 22.9 Å². The third kappa shape index (κ3) is 3.11. The number of hydrogen-bond donors (Lipinski definition) is 2. The second-order valence-corrected chi connectivity index (χ2v) is 4.44. The molecule has 0 fully saturated rings. The molecule has 0 saturated heterocycles. The molecule has 0 aliphatic rings. The normalized spacial score (nSPS) is 13.2. The zero-order valence-electron chi connectivity index (χ0n) is 6.66. The Labute approximate surface area is 81.0 Å². The van der Waals surface area contributed by atoms with Crippen LogP contribution in [0.15, 0.2) is 12.1 Å². The lowest BCUT2D eigenvalue weighted by Gasteiger charge is -2.05. The summed E-state index contributed by atoms with van der Waals surface area (Å²) >= 11 is 7.24. The van der Waals surface area contributed by atoms with Crippen molar-refractivity contribution in [1.82, 2.24) is 0 Å². The number of thiophene rings is 1. The molecule has 1 heterocycles. The summed E-state index contributed by atoms with van der Waals surface area (Å²) in [7, 11) is 0. The van der Waals surface area contributed by atoms with Gasteiger partial charge in [-0.1, -0.05) is 11.6 Å². The molecule has 0 aliphatic heterocycles. The Morgan fingerprint density at radius 2 is 2.33 bits per heavy atom. The molecule has 0 amide bonds. The highest BCUT2D eigenvalue weighted by Gasteiger charge is 2.05. The van der Waals surface area contributed by atoms with Gasteiger partial charge in [0.2, 0.25) is 0 Å². The Kier molecular flexibility index (Phi) is 4.01. The lowest BCUT2D eigenvalue weighted by Crippen LogP contribution is -2.15. The zero-order chi connectivity index (χ0) is 8.97. The van der Waals surface area contributed by atoms with E-state index in [0.717, 1.165) is 9.21 Å². The summed E-state index contributed by atoms with van der Waals surface area (Å²) in [6.45, 7) is 0.528. The highest BCUT2D eigenvalue weighted by atomic mass is 35.5. The molecule has 1 unspecified atom stereocenters. The lowest BCUT2D eigenvalue weighted by molar-refractivity contribution is 0.168. The Bertz CT molecular complexity index is 239. The van der Waals surface area contributed by atoms with Crippen molar-refractivity contribution in [3.05, 3.63) is 21.3 Å². The predicted molar refractivity (Wildman–Crippen MR) is 52.7 cm³/mol. The van der Waals surface area contributed by atoms with Gasteiger partial charge in [0.05, 0.1) is 10.4 Å². The largest absolute Gasteiger partial charge is 0.393 e. The molecule has 3 N–H and O–H groups in total. The maximum atomic E-state index is 9.40. The quantitative estimate of drug-likeness (QED) is 0.786. The Morgan fingerprint density at radius 1 is 1.58 bits per heavy atom. The number of hydrogen-bond acceptors (Lipinski definition) is 3. The SMILES string of the molecule is NCCC(O)Cc1ccc(Cl)s1. The average Bonchev–Trinajstić information content (AvgIpc) is 2.36. The molecule has 1 atom stereocenters. The highest BCUT2D eigenvalue weighted by molar-refractivity contribution is 7.16. The van der Waals surface area contributed by atoms with Crippen LogP contribution in [-0.2, 0) is 6.42 Å². The summed E-state index contributed by atoms with van der Waals surface area (Å²) in [5.74, 6) is 0.